The first-order valence-corrected chi connectivity index (χ1v) is 3.18. The van der Waals surface area contributed by atoms with Crippen LogP contribution in [0.1, 0.15) is 0 Å². The molecule has 1 aliphatic heterocycles. The summed E-state index contributed by atoms with van der Waals surface area (Å²) in [6.45, 7) is 0. The number of nitrogens with zero attached hydrogens (tertiary/aromatic N) is 2. The van der Waals surface area contributed by atoms with Gasteiger partial charge in [-0.2, -0.15) is 0 Å². The zero-order valence-corrected chi connectivity index (χ0v) is 6.68. The molecule has 6 nitrogen and oxygen atoms in total. The van der Waals surface area contributed by atoms with Crippen LogP contribution in [0.3, 0.4) is 0 Å². The molecule has 0 saturated heterocycles. The van der Waals surface area contributed by atoms with E-state index in [0.717, 1.165) is 9.80 Å². The molecule has 0 amide bonds. The van der Waals surface area contributed by atoms with Crippen molar-refractivity contribution in [3.8, 4) is 0 Å². The summed E-state index contributed by atoms with van der Waals surface area (Å²) >= 11 is 0. The van der Waals surface area contributed by atoms with E-state index in [1.807, 2.05) is 0 Å². The molecule has 0 aromatic rings. The lowest BCUT2D eigenvalue weighted by atomic mass is 10.4. The summed E-state index contributed by atoms with van der Waals surface area (Å²) < 4.78 is 0. The van der Waals surface area contributed by atoms with Crippen LogP contribution >= 0.6 is 0 Å². The van der Waals surface area contributed by atoms with E-state index in [-0.39, 0.29) is 0 Å². The summed E-state index contributed by atoms with van der Waals surface area (Å²) in [5.74, 6) is -2.08. The van der Waals surface area contributed by atoms with E-state index in [9.17, 15) is 0 Å². The molecule has 4 N–H and O–H groups in total. The summed E-state index contributed by atoms with van der Waals surface area (Å²) in [4.78, 5) is 1.70. The first kappa shape index (κ1) is 8.38. The fraction of sp³-hybridized carbons (Fsp3) is 0.333. The molecule has 0 unspecified atom stereocenters. The number of rotatable bonds is 0. The smallest absolute Gasteiger partial charge is 0.256 e. The van der Waals surface area contributed by atoms with Gasteiger partial charge in [0.1, 0.15) is 0 Å². The van der Waals surface area contributed by atoms with Gasteiger partial charge in [0.2, 0.25) is 0 Å². The summed E-state index contributed by atoms with van der Waals surface area (Å²) in [6.07, 6.45) is 0. The second-order valence-electron chi connectivity index (χ2n) is 2.41. The lowest BCUT2D eigenvalue weighted by Gasteiger charge is -2.28. The Labute approximate surface area is 68.9 Å². The number of aliphatic hydroxyl groups excluding tert-OH is 4. The van der Waals surface area contributed by atoms with Gasteiger partial charge in [-0.05, 0) is 0 Å². The Balaban J connectivity index is 3.13. The van der Waals surface area contributed by atoms with Gasteiger partial charge in [0.05, 0.1) is 0 Å². The molecule has 0 fully saturated rings. The molecule has 0 atom stereocenters. The Hall–Kier alpha value is -1.72. The van der Waals surface area contributed by atoms with Gasteiger partial charge in [-0.3, -0.25) is 9.80 Å². The molecule has 0 radical (unpaired) electrons. The highest BCUT2D eigenvalue weighted by molar-refractivity contribution is 5.15. The van der Waals surface area contributed by atoms with E-state index in [4.69, 9.17) is 20.4 Å². The summed E-state index contributed by atoms with van der Waals surface area (Å²) in [5, 5.41) is 36.5. The number of hydrogen-bond acceptors (Lipinski definition) is 6. The molecule has 0 saturated carbocycles. The van der Waals surface area contributed by atoms with Crippen molar-refractivity contribution in [3.63, 3.8) is 0 Å². The lowest BCUT2D eigenvalue weighted by molar-refractivity contribution is 0.0650. The number of aliphatic hydroxyl groups is 4. The van der Waals surface area contributed by atoms with Crippen molar-refractivity contribution in [2.75, 3.05) is 14.1 Å². The van der Waals surface area contributed by atoms with Crippen LogP contribution in [-0.4, -0.2) is 44.3 Å². The molecule has 1 rings (SSSR count). The van der Waals surface area contributed by atoms with Gasteiger partial charge in [0, 0.05) is 14.1 Å². The normalized spacial score (nSPS) is 19.2. The molecule has 68 valence electrons. The van der Waals surface area contributed by atoms with E-state index in [1.54, 1.807) is 0 Å². The van der Waals surface area contributed by atoms with Crippen LogP contribution in [0, 0.1) is 0 Å². The molecule has 1 heterocycles. The SMILES string of the molecule is CN1C(O)=C(O)N(C)C(O)=C1O. The van der Waals surface area contributed by atoms with Gasteiger partial charge in [-0.15, -0.1) is 0 Å². The summed E-state index contributed by atoms with van der Waals surface area (Å²) in [7, 11) is 2.59. The average molecular weight is 174 g/mol. The second kappa shape index (κ2) is 2.40. The third kappa shape index (κ3) is 0.884. The predicted molar refractivity (Wildman–Crippen MR) is 40.1 cm³/mol. The first-order valence-electron chi connectivity index (χ1n) is 3.18. The molecule has 12 heavy (non-hydrogen) atoms. The Morgan fingerprint density at radius 2 is 0.833 bits per heavy atom. The Kier molecular flexibility index (Phi) is 1.68. The van der Waals surface area contributed by atoms with E-state index < -0.39 is 23.5 Å². The minimum Gasteiger partial charge on any atom is -0.491 e. The average Bonchev–Trinajstić information content (AvgIpc) is 2.08. The minimum absolute atomic E-state index is 0.521. The zero-order valence-electron chi connectivity index (χ0n) is 6.68. The van der Waals surface area contributed by atoms with Gasteiger partial charge in [-0.1, -0.05) is 0 Å². The van der Waals surface area contributed by atoms with E-state index in [0.29, 0.717) is 0 Å². The summed E-state index contributed by atoms with van der Waals surface area (Å²) in [6, 6.07) is 0. The highest BCUT2D eigenvalue weighted by Crippen LogP contribution is 2.22. The van der Waals surface area contributed by atoms with Crippen LogP contribution in [0.2, 0.25) is 0 Å². The topological polar surface area (TPSA) is 87.4 Å². The van der Waals surface area contributed by atoms with Crippen molar-refractivity contribution in [2.24, 2.45) is 0 Å². The zero-order chi connectivity index (χ0) is 9.46. The van der Waals surface area contributed by atoms with Crippen molar-refractivity contribution in [3.05, 3.63) is 23.5 Å². The van der Waals surface area contributed by atoms with Crippen LogP contribution in [0.4, 0.5) is 0 Å². The third-order valence-corrected chi connectivity index (χ3v) is 1.67. The maximum absolute atomic E-state index is 9.11. The maximum Gasteiger partial charge on any atom is 0.256 e. The highest BCUT2D eigenvalue weighted by atomic mass is 16.4. The highest BCUT2D eigenvalue weighted by Gasteiger charge is 2.28. The lowest BCUT2D eigenvalue weighted by Crippen LogP contribution is -2.33. The van der Waals surface area contributed by atoms with Crippen molar-refractivity contribution < 1.29 is 20.4 Å². The molecule has 0 bridgehead atoms. The molecule has 0 aromatic carbocycles. The Morgan fingerprint density at radius 3 is 1.00 bits per heavy atom. The van der Waals surface area contributed by atoms with E-state index >= 15 is 0 Å². The molecule has 0 spiro atoms. The fourth-order valence-corrected chi connectivity index (χ4v) is 0.801. The monoisotopic (exact) mass is 174 g/mol. The van der Waals surface area contributed by atoms with Crippen molar-refractivity contribution in [1.82, 2.24) is 9.80 Å². The van der Waals surface area contributed by atoms with Crippen LogP contribution in [0.5, 0.6) is 0 Å². The van der Waals surface area contributed by atoms with Crippen molar-refractivity contribution >= 4 is 0 Å². The molecule has 1 aliphatic rings. The van der Waals surface area contributed by atoms with Crippen molar-refractivity contribution in [2.45, 2.75) is 0 Å². The van der Waals surface area contributed by atoms with Gasteiger partial charge in [0.25, 0.3) is 23.5 Å². The van der Waals surface area contributed by atoms with Crippen LogP contribution < -0.4 is 0 Å². The Bertz CT molecular complexity index is 219. The van der Waals surface area contributed by atoms with E-state index in [1.165, 1.54) is 14.1 Å². The molecular weight excluding hydrogens is 164 g/mol. The second-order valence-corrected chi connectivity index (χ2v) is 2.41. The molecule has 0 aromatic heterocycles. The summed E-state index contributed by atoms with van der Waals surface area (Å²) in [5.41, 5.74) is 0. The van der Waals surface area contributed by atoms with Crippen LogP contribution in [0.25, 0.3) is 0 Å². The largest absolute Gasteiger partial charge is 0.491 e. The molecule has 0 aliphatic carbocycles. The van der Waals surface area contributed by atoms with Gasteiger partial charge >= 0.3 is 0 Å². The maximum atomic E-state index is 9.11. The van der Waals surface area contributed by atoms with Crippen molar-refractivity contribution in [1.29, 1.82) is 0 Å². The van der Waals surface area contributed by atoms with Crippen LogP contribution in [-0.2, 0) is 0 Å². The molecule has 6 heteroatoms. The minimum atomic E-state index is -0.521. The van der Waals surface area contributed by atoms with Crippen LogP contribution in [0.15, 0.2) is 23.5 Å². The van der Waals surface area contributed by atoms with E-state index in [2.05, 4.69) is 0 Å². The number of hydrogen-bond donors (Lipinski definition) is 4. The predicted octanol–water partition coefficient (Wildman–Crippen LogP) is 0.349. The standard InChI is InChI=1S/C6H10N2O4/c1-7-3(9)5(11)8(2)6(12)4(7)10/h9-12H,1-2H3. The molecular formula is C6H10N2O4. The third-order valence-electron chi connectivity index (χ3n) is 1.67. The van der Waals surface area contributed by atoms with Gasteiger partial charge in [0.15, 0.2) is 0 Å². The first-order chi connectivity index (χ1) is 5.46. The Morgan fingerprint density at radius 1 is 0.667 bits per heavy atom. The van der Waals surface area contributed by atoms with Gasteiger partial charge < -0.3 is 20.4 Å². The van der Waals surface area contributed by atoms with Gasteiger partial charge in [-0.25, -0.2) is 0 Å². The quantitative estimate of drug-likeness (QED) is 0.424. The fourth-order valence-electron chi connectivity index (χ4n) is 0.801.